The number of aromatic nitrogens is 2. The van der Waals surface area contributed by atoms with Gasteiger partial charge in [0.25, 0.3) is 0 Å². The number of hydrogen-bond acceptors (Lipinski definition) is 0. The van der Waals surface area contributed by atoms with Crippen LogP contribution in [0.15, 0.2) is 18.3 Å². The highest BCUT2D eigenvalue weighted by Gasteiger charge is 1.99. The molecule has 0 aliphatic heterocycles. The summed E-state index contributed by atoms with van der Waals surface area (Å²) in [6.45, 7) is 4.20. The van der Waals surface area contributed by atoms with Crippen LogP contribution < -0.4 is 0 Å². The molecular weight excluding hydrogens is 124 g/mol. The molecule has 0 spiro atoms. The van der Waals surface area contributed by atoms with Gasteiger partial charge in [-0.05, 0) is 26.0 Å². The first-order valence-electron chi connectivity index (χ1n) is 3.41. The number of fused-ring (bicyclic) bond motifs is 1. The van der Waals surface area contributed by atoms with E-state index in [4.69, 9.17) is 0 Å². The van der Waals surface area contributed by atoms with Crippen LogP contribution in [0.2, 0.25) is 0 Å². The van der Waals surface area contributed by atoms with E-state index in [1.54, 1.807) is 0 Å². The van der Waals surface area contributed by atoms with Crippen LogP contribution >= 0.6 is 0 Å². The molecule has 0 unspecified atom stereocenters. The molecule has 0 aliphatic carbocycles. The zero-order valence-corrected chi connectivity index (χ0v) is 6.18. The molecule has 0 fully saturated rings. The average molecular weight is 134 g/mol. The Balaban J connectivity index is 2.95. The third-order valence-electron chi connectivity index (χ3n) is 1.97. The molecule has 0 atom stereocenters. The molecule has 2 rings (SSSR count). The molecule has 1 N–H and O–H groups in total. The van der Waals surface area contributed by atoms with Crippen molar-refractivity contribution in [1.82, 2.24) is 9.38 Å². The molecule has 0 bridgehead atoms. The van der Waals surface area contributed by atoms with Gasteiger partial charge in [0.15, 0.2) is 0 Å². The van der Waals surface area contributed by atoms with Gasteiger partial charge in [-0.1, -0.05) is 0 Å². The molecule has 2 aromatic heterocycles. The lowest BCUT2D eigenvalue weighted by atomic mass is 10.4. The van der Waals surface area contributed by atoms with Gasteiger partial charge in [-0.2, -0.15) is 0 Å². The molecule has 0 aliphatic rings. The molecular formula is C8H10N2. The SMILES string of the molecule is Cc1[nH]c2cccn2c1C. The van der Waals surface area contributed by atoms with Crippen molar-refractivity contribution in [2.45, 2.75) is 13.8 Å². The topological polar surface area (TPSA) is 20.2 Å². The monoisotopic (exact) mass is 134 g/mol. The Morgan fingerprint density at radius 1 is 1.40 bits per heavy atom. The van der Waals surface area contributed by atoms with E-state index < -0.39 is 0 Å². The summed E-state index contributed by atoms with van der Waals surface area (Å²) in [4.78, 5) is 3.27. The van der Waals surface area contributed by atoms with Gasteiger partial charge in [0.2, 0.25) is 0 Å². The molecule has 0 amide bonds. The number of nitrogens with zero attached hydrogens (tertiary/aromatic N) is 1. The van der Waals surface area contributed by atoms with Crippen LogP contribution in [0.25, 0.3) is 5.65 Å². The van der Waals surface area contributed by atoms with Crippen molar-refractivity contribution in [3.8, 4) is 0 Å². The number of H-pyrrole nitrogens is 1. The highest BCUT2D eigenvalue weighted by molar-refractivity contribution is 5.43. The van der Waals surface area contributed by atoms with Crippen LogP contribution in [0.5, 0.6) is 0 Å². The Bertz CT molecular complexity index is 354. The fraction of sp³-hybridized carbons (Fsp3) is 0.250. The van der Waals surface area contributed by atoms with Crippen LogP contribution in [-0.2, 0) is 0 Å². The van der Waals surface area contributed by atoms with E-state index in [-0.39, 0.29) is 0 Å². The number of nitrogens with one attached hydrogen (secondary N) is 1. The normalized spacial score (nSPS) is 11.0. The second-order valence-electron chi connectivity index (χ2n) is 2.60. The van der Waals surface area contributed by atoms with Gasteiger partial charge in [0.05, 0.1) is 0 Å². The minimum Gasteiger partial charge on any atom is -0.344 e. The van der Waals surface area contributed by atoms with Gasteiger partial charge in [-0.3, -0.25) is 0 Å². The molecule has 0 aromatic carbocycles. The fourth-order valence-electron chi connectivity index (χ4n) is 1.24. The molecule has 10 heavy (non-hydrogen) atoms. The zero-order chi connectivity index (χ0) is 7.14. The maximum atomic E-state index is 3.27. The Kier molecular flexibility index (Phi) is 0.926. The molecule has 0 radical (unpaired) electrons. The largest absolute Gasteiger partial charge is 0.344 e. The number of aromatic amines is 1. The van der Waals surface area contributed by atoms with Gasteiger partial charge in [-0.15, -0.1) is 0 Å². The maximum Gasteiger partial charge on any atom is 0.114 e. The quantitative estimate of drug-likeness (QED) is 0.567. The molecule has 2 aromatic rings. The fourth-order valence-corrected chi connectivity index (χ4v) is 1.24. The molecule has 2 heteroatoms. The summed E-state index contributed by atoms with van der Waals surface area (Å²) in [7, 11) is 0. The second-order valence-corrected chi connectivity index (χ2v) is 2.60. The summed E-state index contributed by atoms with van der Waals surface area (Å²) in [6.07, 6.45) is 2.06. The Morgan fingerprint density at radius 3 is 2.90 bits per heavy atom. The number of aryl methyl sites for hydroxylation is 2. The summed E-state index contributed by atoms with van der Waals surface area (Å²) in [5.41, 5.74) is 3.71. The molecule has 52 valence electrons. The Labute approximate surface area is 59.5 Å². The highest BCUT2D eigenvalue weighted by atomic mass is 15.0. The Morgan fingerprint density at radius 2 is 2.20 bits per heavy atom. The van der Waals surface area contributed by atoms with E-state index >= 15 is 0 Å². The van der Waals surface area contributed by atoms with Crippen LogP contribution in [0.1, 0.15) is 11.4 Å². The van der Waals surface area contributed by atoms with Gasteiger partial charge < -0.3 is 9.38 Å². The van der Waals surface area contributed by atoms with Gasteiger partial charge in [0, 0.05) is 17.6 Å². The van der Waals surface area contributed by atoms with Crippen molar-refractivity contribution < 1.29 is 0 Å². The van der Waals surface area contributed by atoms with E-state index in [0.717, 1.165) is 0 Å². The second kappa shape index (κ2) is 1.66. The van der Waals surface area contributed by atoms with E-state index in [1.807, 2.05) is 6.07 Å². The minimum atomic E-state index is 1.18. The van der Waals surface area contributed by atoms with Crippen molar-refractivity contribution in [3.63, 3.8) is 0 Å². The first kappa shape index (κ1) is 5.59. The smallest absolute Gasteiger partial charge is 0.114 e. The Hall–Kier alpha value is -1.18. The van der Waals surface area contributed by atoms with E-state index in [9.17, 15) is 0 Å². The van der Waals surface area contributed by atoms with Crippen LogP contribution in [0, 0.1) is 13.8 Å². The summed E-state index contributed by atoms with van der Waals surface area (Å²) in [5.74, 6) is 0. The van der Waals surface area contributed by atoms with Crippen LogP contribution in [-0.4, -0.2) is 9.38 Å². The lowest BCUT2D eigenvalue weighted by molar-refractivity contribution is 1.11. The van der Waals surface area contributed by atoms with Crippen molar-refractivity contribution in [1.29, 1.82) is 0 Å². The molecule has 0 saturated carbocycles. The summed E-state index contributed by atoms with van der Waals surface area (Å²) >= 11 is 0. The highest BCUT2D eigenvalue weighted by Crippen LogP contribution is 2.10. The zero-order valence-electron chi connectivity index (χ0n) is 6.18. The minimum absolute atomic E-state index is 1.18. The summed E-state index contributed by atoms with van der Waals surface area (Å²) in [6, 6.07) is 4.11. The average Bonchev–Trinajstić information content (AvgIpc) is 2.41. The number of rotatable bonds is 0. The van der Waals surface area contributed by atoms with E-state index in [1.165, 1.54) is 17.0 Å². The van der Waals surface area contributed by atoms with Gasteiger partial charge in [-0.25, -0.2) is 0 Å². The van der Waals surface area contributed by atoms with Gasteiger partial charge >= 0.3 is 0 Å². The van der Waals surface area contributed by atoms with Crippen molar-refractivity contribution >= 4 is 5.65 Å². The van der Waals surface area contributed by atoms with Crippen molar-refractivity contribution in [2.24, 2.45) is 0 Å². The predicted octanol–water partition coefficient (Wildman–Crippen LogP) is 1.88. The predicted molar refractivity (Wildman–Crippen MR) is 41.2 cm³/mol. The summed E-state index contributed by atoms with van der Waals surface area (Å²) < 4.78 is 2.15. The standard InChI is InChI=1S/C8H10N2/c1-6-7(2)10-5-3-4-8(10)9-6/h3-5,9H,1-2H3. The molecule has 2 nitrogen and oxygen atoms in total. The maximum absolute atomic E-state index is 3.27. The summed E-state index contributed by atoms with van der Waals surface area (Å²) in [5, 5.41) is 0. The third kappa shape index (κ3) is 0.533. The number of hydrogen-bond donors (Lipinski definition) is 1. The van der Waals surface area contributed by atoms with Crippen LogP contribution in [0.3, 0.4) is 0 Å². The number of imidazole rings is 1. The van der Waals surface area contributed by atoms with Gasteiger partial charge in [0.1, 0.15) is 5.65 Å². The lowest BCUT2D eigenvalue weighted by Crippen LogP contribution is -1.80. The lowest BCUT2D eigenvalue weighted by Gasteiger charge is -1.87. The third-order valence-corrected chi connectivity index (χ3v) is 1.97. The molecule has 0 saturated heterocycles. The first-order chi connectivity index (χ1) is 4.79. The van der Waals surface area contributed by atoms with Crippen molar-refractivity contribution in [2.75, 3.05) is 0 Å². The van der Waals surface area contributed by atoms with Crippen LogP contribution in [0.4, 0.5) is 0 Å². The first-order valence-corrected chi connectivity index (χ1v) is 3.41. The van der Waals surface area contributed by atoms with Crippen molar-refractivity contribution in [3.05, 3.63) is 29.7 Å². The molecule has 2 heterocycles. The van der Waals surface area contributed by atoms with E-state index in [2.05, 4.69) is 35.5 Å². The van der Waals surface area contributed by atoms with E-state index in [0.29, 0.717) is 0 Å².